The van der Waals surface area contributed by atoms with Gasteiger partial charge in [-0.2, -0.15) is 0 Å². The summed E-state index contributed by atoms with van der Waals surface area (Å²) in [5.74, 6) is -0.191. The molecule has 0 atom stereocenters. The molecule has 0 aliphatic carbocycles. The van der Waals surface area contributed by atoms with Crippen molar-refractivity contribution in [1.82, 2.24) is 20.4 Å². The number of carbonyl (C=O) groups is 2. The van der Waals surface area contributed by atoms with E-state index in [0.717, 1.165) is 22.0 Å². The molecule has 0 fully saturated rings. The average Bonchev–Trinajstić information content (AvgIpc) is 2.70. The summed E-state index contributed by atoms with van der Waals surface area (Å²) in [5, 5.41) is 14.0. The number of nitrogens with one attached hydrogen (secondary N) is 1. The number of nitrogens with zero attached hydrogens (tertiary/aromatic N) is 3. The van der Waals surface area contributed by atoms with Gasteiger partial charge in [-0.3, -0.25) is 9.59 Å². The Morgan fingerprint density at radius 2 is 1.63 bits per heavy atom. The highest BCUT2D eigenvalue weighted by molar-refractivity contribution is 8.00. The van der Waals surface area contributed by atoms with Crippen LogP contribution >= 0.6 is 11.8 Å². The van der Waals surface area contributed by atoms with Crippen molar-refractivity contribution in [3.05, 3.63) is 54.6 Å². The van der Waals surface area contributed by atoms with Crippen molar-refractivity contribution in [2.45, 2.75) is 5.03 Å². The first-order chi connectivity index (χ1) is 13.1. The summed E-state index contributed by atoms with van der Waals surface area (Å²) in [7, 11) is 3.30. The molecule has 0 spiro atoms. The van der Waals surface area contributed by atoms with Crippen molar-refractivity contribution in [1.29, 1.82) is 0 Å². The standard InChI is InChI=1S/C20H20N4O2S/c1-24(2)18(26)12-21-17(25)13-27-20-16-11-7-6-10-15(16)19(22-23-20)14-8-4-3-5-9-14/h3-11H,12-13H2,1-2H3,(H,21,25). The van der Waals surface area contributed by atoms with Gasteiger partial charge in [-0.05, 0) is 0 Å². The van der Waals surface area contributed by atoms with E-state index in [1.807, 2.05) is 54.6 Å². The number of rotatable bonds is 6. The van der Waals surface area contributed by atoms with Crippen LogP contribution in [-0.2, 0) is 9.59 Å². The Labute approximate surface area is 162 Å². The predicted molar refractivity (Wildman–Crippen MR) is 107 cm³/mol. The molecule has 0 radical (unpaired) electrons. The van der Waals surface area contributed by atoms with Gasteiger partial charge in [0.25, 0.3) is 0 Å². The van der Waals surface area contributed by atoms with Gasteiger partial charge in [0.2, 0.25) is 11.8 Å². The first-order valence-electron chi connectivity index (χ1n) is 8.46. The van der Waals surface area contributed by atoms with E-state index < -0.39 is 0 Å². The molecule has 7 heteroatoms. The molecular weight excluding hydrogens is 360 g/mol. The second-order valence-corrected chi connectivity index (χ2v) is 7.08. The van der Waals surface area contributed by atoms with Gasteiger partial charge in [0.05, 0.1) is 12.3 Å². The van der Waals surface area contributed by atoms with Crippen LogP contribution in [0.2, 0.25) is 0 Å². The molecule has 2 aromatic carbocycles. The van der Waals surface area contributed by atoms with E-state index in [1.54, 1.807) is 14.1 Å². The Balaban J connectivity index is 1.77. The number of likely N-dealkylation sites (N-methyl/N-ethyl adjacent to an activating group) is 1. The zero-order valence-corrected chi connectivity index (χ0v) is 16.0. The Bertz CT molecular complexity index is 961. The highest BCUT2D eigenvalue weighted by Crippen LogP contribution is 2.31. The third-order valence-electron chi connectivity index (χ3n) is 3.98. The van der Waals surface area contributed by atoms with E-state index in [-0.39, 0.29) is 24.1 Å². The summed E-state index contributed by atoms with van der Waals surface area (Å²) >= 11 is 1.31. The Kier molecular flexibility index (Phi) is 6.03. The fourth-order valence-corrected chi connectivity index (χ4v) is 3.31. The molecule has 1 heterocycles. The number of amides is 2. The lowest BCUT2D eigenvalue weighted by Crippen LogP contribution is -2.36. The SMILES string of the molecule is CN(C)C(=O)CNC(=O)CSc1nnc(-c2ccccc2)c2ccccc12. The molecular formula is C20H20N4O2S. The molecule has 1 aromatic heterocycles. The third kappa shape index (κ3) is 4.62. The van der Waals surface area contributed by atoms with Gasteiger partial charge >= 0.3 is 0 Å². The maximum atomic E-state index is 12.0. The van der Waals surface area contributed by atoms with E-state index in [0.29, 0.717) is 5.03 Å². The quantitative estimate of drug-likeness (QED) is 0.666. The van der Waals surface area contributed by atoms with Crippen LogP contribution in [0.5, 0.6) is 0 Å². The molecule has 0 aliphatic rings. The minimum absolute atomic E-state index is 0.00817. The largest absolute Gasteiger partial charge is 0.347 e. The van der Waals surface area contributed by atoms with Crippen molar-refractivity contribution >= 4 is 34.3 Å². The number of hydrogen-bond acceptors (Lipinski definition) is 5. The van der Waals surface area contributed by atoms with Crippen LogP contribution in [0.3, 0.4) is 0 Å². The second kappa shape index (κ2) is 8.64. The number of hydrogen-bond donors (Lipinski definition) is 1. The van der Waals surface area contributed by atoms with E-state index in [1.165, 1.54) is 16.7 Å². The number of aromatic nitrogens is 2. The van der Waals surface area contributed by atoms with Gasteiger partial charge in [-0.15, -0.1) is 10.2 Å². The number of benzene rings is 2. The molecule has 0 unspecified atom stereocenters. The summed E-state index contributed by atoms with van der Waals surface area (Å²) in [4.78, 5) is 25.0. The van der Waals surface area contributed by atoms with Gasteiger partial charge in [0.15, 0.2) is 0 Å². The molecule has 3 aromatic rings. The van der Waals surface area contributed by atoms with E-state index in [2.05, 4.69) is 15.5 Å². The zero-order valence-electron chi connectivity index (χ0n) is 15.2. The summed E-state index contributed by atoms with van der Waals surface area (Å²) in [6.45, 7) is -0.00817. The molecule has 0 aliphatic heterocycles. The third-order valence-corrected chi connectivity index (χ3v) is 4.96. The van der Waals surface area contributed by atoms with Crippen LogP contribution in [0, 0.1) is 0 Å². The minimum Gasteiger partial charge on any atom is -0.347 e. The van der Waals surface area contributed by atoms with Crippen molar-refractivity contribution in [2.75, 3.05) is 26.4 Å². The molecule has 27 heavy (non-hydrogen) atoms. The van der Waals surface area contributed by atoms with Crippen LogP contribution in [0.4, 0.5) is 0 Å². The summed E-state index contributed by atoms with van der Waals surface area (Å²) in [6.07, 6.45) is 0. The van der Waals surface area contributed by atoms with Gasteiger partial charge in [0.1, 0.15) is 10.7 Å². The van der Waals surface area contributed by atoms with Gasteiger partial charge in [-0.25, -0.2) is 0 Å². The van der Waals surface area contributed by atoms with Crippen molar-refractivity contribution in [2.24, 2.45) is 0 Å². The Morgan fingerprint density at radius 3 is 2.33 bits per heavy atom. The maximum absolute atomic E-state index is 12.0. The molecule has 2 amide bonds. The zero-order chi connectivity index (χ0) is 19.2. The van der Waals surface area contributed by atoms with E-state index >= 15 is 0 Å². The fourth-order valence-electron chi connectivity index (χ4n) is 2.51. The fraction of sp³-hybridized carbons (Fsp3) is 0.200. The summed E-state index contributed by atoms with van der Waals surface area (Å²) < 4.78 is 0. The lowest BCUT2D eigenvalue weighted by Gasteiger charge is -2.11. The Morgan fingerprint density at radius 1 is 0.963 bits per heavy atom. The van der Waals surface area contributed by atoms with Gasteiger partial charge < -0.3 is 10.2 Å². The first kappa shape index (κ1) is 18.8. The second-order valence-electron chi connectivity index (χ2n) is 6.12. The maximum Gasteiger partial charge on any atom is 0.241 e. The number of carbonyl (C=O) groups excluding carboxylic acids is 2. The summed E-state index contributed by atoms with van der Waals surface area (Å²) in [6, 6.07) is 17.8. The van der Waals surface area contributed by atoms with Crippen LogP contribution in [0.1, 0.15) is 0 Å². The van der Waals surface area contributed by atoms with Gasteiger partial charge in [0, 0.05) is 30.4 Å². The summed E-state index contributed by atoms with van der Waals surface area (Å²) in [5.41, 5.74) is 1.81. The smallest absolute Gasteiger partial charge is 0.241 e. The number of thioether (sulfide) groups is 1. The number of fused-ring (bicyclic) bond motifs is 1. The highest BCUT2D eigenvalue weighted by atomic mass is 32.2. The van der Waals surface area contributed by atoms with Crippen molar-refractivity contribution < 1.29 is 9.59 Å². The van der Waals surface area contributed by atoms with Gasteiger partial charge in [-0.1, -0.05) is 66.4 Å². The lowest BCUT2D eigenvalue weighted by molar-refractivity contribution is -0.130. The van der Waals surface area contributed by atoms with E-state index in [9.17, 15) is 9.59 Å². The predicted octanol–water partition coefficient (Wildman–Crippen LogP) is 2.59. The highest BCUT2D eigenvalue weighted by Gasteiger charge is 2.13. The van der Waals surface area contributed by atoms with Crippen molar-refractivity contribution in [3.8, 4) is 11.3 Å². The van der Waals surface area contributed by atoms with Crippen LogP contribution in [0.15, 0.2) is 59.6 Å². The monoisotopic (exact) mass is 380 g/mol. The Hall–Kier alpha value is -2.93. The van der Waals surface area contributed by atoms with Crippen LogP contribution in [-0.4, -0.2) is 53.3 Å². The molecule has 138 valence electrons. The normalized spacial score (nSPS) is 10.6. The first-order valence-corrected chi connectivity index (χ1v) is 9.45. The lowest BCUT2D eigenvalue weighted by atomic mass is 10.1. The molecule has 0 bridgehead atoms. The molecule has 0 saturated heterocycles. The van der Waals surface area contributed by atoms with E-state index in [4.69, 9.17) is 0 Å². The average molecular weight is 380 g/mol. The molecule has 3 rings (SSSR count). The van der Waals surface area contributed by atoms with Crippen LogP contribution < -0.4 is 5.32 Å². The van der Waals surface area contributed by atoms with Crippen molar-refractivity contribution in [3.63, 3.8) is 0 Å². The molecule has 1 N–H and O–H groups in total. The molecule has 6 nitrogen and oxygen atoms in total. The molecule has 0 saturated carbocycles. The van der Waals surface area contributed by atoms with Crippen LogP contribution in [0.25, 0.3) is 22.0 Å². The minimum atomic E-state index is -0.215. The topological polar surface area (TPSA) is 75.2 Å².